The maximum atomic E-state index is 5.89. The van der Waals surface area contributed by atoms with Gasteiger partial charge in [0.1, 0.15) is 12.4 Å². The fourth-order valence-corrected chi connectivity index (χ4v) is 1.72. The molecular weight excluding hydrogens is 246 g/mol. The van der Waals surface area contributed by atoms with Gasteiger partial charge in [-0.3, -0.25) is 0 Å². The molecule has 2 nitrogen and oxygen atoms in total. The molecule has 0 aromatic heterocycles. The standard InChI is InChI=1S/C15H14ClNO/c1-11(12-5-3-2-4-6-12)10-18-15-9-13(16)7-8-14(15)17/h2-9H,1,10,17H2. The van der Waals surface area contributed by atoms with Crippen molar-refractivity contribution in [1.29, 1.82) is 0 Å². The van der Waals surface area contributed by atoms with E-state index < -0.39 is 0 Å². The molecule has 0 heterocycles. The van der Waals surface area contributed by atoms with Crippen LogP contribution < -0.4 is 10.5 Å². The van der Waals surface area contributed by atoms with Crippen molar-refractivity contribution in [1.82, 2.24) is 0 Å². The molecule has 0 spiro atoms. The Morgan fingerprint density at radius 3 is 2.61 bits per heavy atom. The van der Waals surface area contributed by atoms with Crippen LogP contribution in [0.25, 0.3) is 5.57 Å². The van der Waals surface area contributed by atoms with Gasteiger partial charge >= 0.3 is 0 Å². The molecule has 3 heteroatoms. The fraction of sp³-hybridized carbons (Fsp3) is 0.0667. The normalized spacial score (nSPS) is 10.1. The predicted molar refractivity (Wildman–Crippen MR) is 76.8 cm³/mol. The molecule has 0 unspecified atom stereocenters. The summed E-state index contributed by atoms with van der Waals surface area (Å²) in [5.41, 5.74) is 8.32. The number of benzene rings is 2. The molecular formula is C15H14ClNO. The van der Waals surface area contributed by atoms with Crippen LogP contribution in [0.2, 0.25) is 5.02 Å². The highest BCUT2D eigenvalue weighted by Crippen LogP contribution is 2.26. The van der Waals surface area contributed by atoms with Crippen LogP contribution in [0.3, 0.4) is 0 Å². The molecule has 0 saturated carbocycles. The van der Waals surface area contributed by atoms with Gasteiger partial charge in [-0.15, -0.1) is 0 Å². The van der Waals surface area contributed by atoms with Gasteiger partial charge in [0, 0.05) is 11.1 Å². The predicted octanol–water partition coefficient (Wildman–Crippen LogP) is 4.01. The Balaban J connectivity index is 2.04. The van der Waals surface area contributed by atoms with E-state index >= 15 is 0 Å². The van der Waals surface area contributed by atoms with Gasteiger partial charge in [-0.1, -0.05) is 48.5 Å². The maximum Gasteiger partial charge on any atom is 0.144 e. The van der Waals surface area contributed by atoms with Crippen LogP contribution in [0, 0.1) is 0 Å². The summed E-state index contributed by atoms with van der Waals surface area (Å²) in [6.45, 7) is 4.38. The summed E-state index contributed by atoms with van der Waals surface area (Å²) in [5.74, 6) is 0.583. The second kappa shape index (κ2) is 5.61. The Morgan fingerprint density at radius 2 is 1.89 bits per heavy atom. The van der Waals surface area contributed by atoms with E-state index in [1.54, 1.807) is 18.2 Å². The van der Waals surface area contributed by atoms with Crippen molar-refractivity contribution < 1.29 is 4.74 Å². The number of anilines is 1. The van der Waals surface area contributed by atoms with Crippen LogP contribution in [-0.2, 0) is 0 Å². The fourth-order valence-electron chi connectivity index (χ4n) is 1.56. The minimum absolute atomic E-state index is 0.383. The van der Waals surface area contributed by atoms with Crippen LogP contribution in [0.4, 0.5) is 5.69 Å². The Kier molecular flexibility index (Phi) is 3.90. The lowest BCUT2D eigenvalue weighted by molar-refractivity contribution is 0.372. The van der Waals surface area contributed by atoms with Crippen molar-refractivity contribution >= 4 is 22.9 Å². The first-order valence-electron chi connectivity index (χ1n) is 5.58. The van der Waals surface area contributed by atoms with Crippen LogP contribution in [0.15, 0.2) is 55.1 Å². The quantitative estimate of drug-likeness (QED) is 0.842. The van der Waals surface area contributed by atoms with Crippen molar-refractivity contribution in [3.05, 3.63) is 65.7 Å². The monoisotopic (exact) mass is 259 g/mol. The molecule has 0 bridgehead atoms. The number of halogens is 1. The first-order valence-corrected chi connectivity index (χ1v) is 5.95. The highest BCUT2D eigenvalue weighted by atomic mass is 35.5. The molecule has 0 fully saturated rings. The van der Waals surface area contributed by atoms with Crippen LogP contribution in [0.5, 0.6) is 5.75 Å². The zero-order valence-electron chi connectivity index (χ0n) is 9.90. The first-order chi connectivity index (χ1) is 8.66. The molecule has 0 aliphatic carbocycles. The van der Waals surface area contributed by atoms with Gasteiger partial charge in [0.05, 0.1) is 5.69 Å². The Morgan fingerprint density at radius 1 is 1.17 bits per heavy atom. The van der Waals surface area contributed by atoms with Crippen LogP contribution in [-0.4, -0.2) is 6.61 Å². The van der Waals surface area contributed by atoms with E-state index in [0.29, 0.717) is 23.1 Å². The topological polar surface area (TPSA) is 35.2 Å². The van der Waals surface area contributed by atoms with Crippen LogP contribution >= 0.6 is 11.6 Å². The second-order valence-electron chi connectivity index (χ2n) is 3.94. The smallest absolute Gasteiger partial charge is 0.144 e. The van der Waals surface area contributed by atoms with E-state index in [9.17, 15) is 0 Å². The van der Waals surface area contributed by atoms with E-state index in [1.807, 2.05) is 30.3 Å². The lowest BCUT2D eigenvalue weighted by Gasteiger charge is -2.11. The molecule has 92 valence electrons. The zero-order valence-corrected chi connectivity index (χ0v) is 10.7. The summed E-state index contributed by atoms with van der Waals surface area (Å²) in [7, 11) is 0. The Bertz CT molecular complexity index is 552. The average molecular weight is 260 g/mol. The molecule has 2 rings (SSSR count). The van der Waals surface area contributed by atoms with E-state index in [4.69, 9.17) is 22.1 Å². The molecule has 0 saturated heterocycles. The summed E-state index contributed by atoms with van der Waals surface area (Å²) < 4.78 is 5.62. The molecule has 2 aromatic rings. The maximum absolute atomic E-state index is 5.89. The van der Waals surface area contributed by atoms with E-state index in [0.717, 1.165) is 11.1 Å². The van der Waals surface area contributed by atoms with E-state index in [-0.39, 0.29) is 0 Å². The zero-order chi connectivity index (χ0) is 13.0. The SMILES string of the molecule is C=C(COc1cc(Cl)ccc1N)c1ccccc1. The van der Waals surface area contributed by atoms with Gasteiger partial charge in [0.25, 0.3) is 0 Å². The van der Waals surface area contributed by atoms with Crippen LogP contribution in [0.1, 0.15) is 5.56 Å². The molecule has 0 radical (unpaired) electrons. The Hall–Kier alpha value is -1.93. The van der Waals surface area contributed by atoms with Gasteiger partial charge in [-0.2, -0.15) is 0 Å². The third-order valence-electron chi connectivity index (χ3n) is 2.56. The molecule has 18 heavy (non-hydrogen) atoms. The third kappa shape index (κ3) is 3.05. The third-order valence-corrected chi connectivity index (χ3v) is 2.79. The minimum atomic E-state index is 0.383. The molecule has 0 aliphatic heterocycles. The lowest BCUT2D eigenvalue weighted by atomic mass is 10.1. The van der Waals surface area contributed by atoms with Gasteiger partial charge in [-0.05, 0) is 23.3 Å². The molecule has 2 N–H and O–H groups in total. The van der Waals surface area contributed by atoms with Gasteiger partial charge in [0.15, 0.2) is 0 Å². The van der Waals surface area contributed by atoms with Gasteiger partial charge in [0.2, 0.25) is 0 Å². The minimum Gasteiger partial charge on any atom is -0.487 e. The highest BCUT2D eigenvalue weighted by molar-refractivity contribution is 6.30. The van der Waals surface area contributed by atoms with E-state index in [1.165, 1.54) is 0 Å². The van der Waals surface area contributed by atoms with Crippen molar-refractivity contribution in [3.8, 4) is 5.75 Å². The highest BCUT2D eigenvalue weighted by Gasteiger charge is 2.03. The lowest BCUT2D eigenvalue weighted by Crippen LogP contribution is -2.02. The molecule has 0 amide bonds. The number of ether oxygens (including phenoxy) is 1. The Labute approximate surface area is 112 Å². The number of nitrogen functional groups attached to an aromatic ring is 1. The van der Waals surface area contributed by atoms with Crippen molar-refractivity contribution in [2.75, 3.05) is 12.3 Å². The summed E-state index contributed by atoms with van der Waals surface area (Å²) in [6, 6.07) is 15.0. The number of hydrogen-bond acceptors (Lipinski definition) is 2. The average Bonchev–Trinajstić information content (AvgIpc) is 2.40. The number of nitrogens with two attached hydrogens (primary N) is 1. The second-order valence-corrected chi connectivity index (χ2v) is 4.38. The summed E-state index contributed by atoms with van der Waals surface area (Å²) in [5, 5.41) is 0.601. The van der Waals surface area contributed by atoms with Gasteiger partial charge < -0.3 is 10.5 Å². The summed E-state index contributed by atoms with van der Waals surface area (Å²) in [4.78, 5) is 0. The summed E-state index contributed by atoms with van der Waals surface area (Å²) >= 11 is 5.89. The van der Waals surface area contributed by atoms with Crippen molar-refractivity contribution in [2.24, 2.45) is 0 Å². The number of rotatable bonds is 4. The summed E-state index contributed by atoms with van der Waals surface area (Å²) in [6.07, 6.45) is 0. The van der Waals surface area contributed by atoms with Crippen molar-refractivity contribution in [2.45, 2.75) is 0 Å². The molecule has 2 aromatic carbocycles. The van der Waals surface area contributed by atoms with Gasteiger partial charge in [-0.25, -0.2) is 0 Å². The number of hydrogen-bond donors (Lipinski definition) is 1. The largest absolute Gasteiger partial charge is 0.487 e. The molecule has 0 aliphatic rings. The van der Waals surface area contributed by atoms with E-state index in [2.05, 4.69) is 6.58 Å². The molecule has 0 atom stereocenters. The van der Waals surface area contributed by atoms with Crippen molar-refractivity contribution in [3.63, 3.8) is 0 Å². The first kappa shape index (κ1) is 12.5.